The smallest absolute Gasteiger partial charge is 0.106 e. The molecular weight excluding hydrogens is 148 g/mol. The predicted molar refractivity (Wildman–Crippen MR) is 49.9 cm³/mol. The Hall–Kier alpha value is -1.31. The maximum absolute atomic E-state index is 4.44. The number of hydrogen-bond donors (Lipinski definition) is 0. The minimum atomic E-state index is 1.00. The Balaban J connectivity index is 2.86. The molecule has 0 N–H and O–H groups in total. The van der Waals surface area contributed by atoms with E-state index in [1.807, 2.05) is 6.92 Å². The van der Waals surface area contributed by atoms with Crippen LogP contribution in [0.1, 0.15) is 12.2 Å². The fourth-order valence-electron chi connectivity index (χ4n) is 1.43. The van der Waals surface area contributed by atoms with Crippen molar-refractivity contribution in [2.75, 3.05) is 0 Å². The van der Waals surface area contributed by atoms with Crippen molar-refractivity contribution in [3.63, 3.8) is 0 Å². The normalized spacial score (nSPS) is 14.5. The molecule has 2 rings (SSSR count). The van der Waals surface area contributed by atoms with E-state index in [-0.39, 0.29) is 0 Å². The fourth-order valence-corrected chi connectivity index (χ4v) is 1.43. The van der Waals surface area contributed by atoms with Gasteiger partial charge in [0.1, 0.15) is 5.82 Å². The molecule has 62 valence electrons. The van der Waals surface area contributed by atoms with Gasteiger partial charge >= 0.3 is 0 Å². The van der Waals surface area contributed by atoms with Crippen molar-refractivity contribution in [3.05, 3.63) is 28.7 Å². The third-order valence-corrected chi connectivity index (χ3v) is 2.23. The average Bonchev–Trinajstić information content (AvgIpc) is 2.30. The molecule has 12 heavy (non-hydrogen) atoms. The van der Waals surface area contributed by atoms with E-state index in [1.165, 1.54) is 5.35 Å². The lowest BCUT2D eigenvalue weighted by molar-refractivity contribution is 0.831. The maximum atomic E-state index is 4.44. The highest BCUT2D eigenvalue weighted by Gasteiger charge is 1.98. The van der Waals surface area contributed by atoms with Crippen LogP contribution in [0.3, 0.4) is 0 Å². The van der Waals surface area contributed by atoms with E-state index in [9.17, 15) is 0 Å². The summed E-state index contributed by atoms with van der Waals surface area (Å²) in [6.07, 6.45) is 9.47. The van der Waals surface area contributed by atoms with Gasteiger partial charge in [-0.3, -0.25) is 0 Å². The Morgan fingerprint density at radius 1 is 1.50 bits per heavy atom. The lowest BCUT2D eigenvalue weighted by atomic mass is 10.4. The van der Waals surface area contributed by atoms with Crippen LogP contribution in [0.15, 0.2) is 12.2 Å². The first kappa shape index (κ1) is 7.35. The van der Waals surface area contributed by atoms with Crippen LogP contribution in [0.5, 0.6) is 0 Å². The molecule has 0 fully saturated rings. The first-order chi connectivity index (χ1) is 5.79. The number of aryl methyl sites for hydroxylation is 1. The van der Waals surface area contributed by atoms with Crippen molar-refractivity contribution in [1.29, 1.82) is 0 Å². The van der Waals surface area contributed by atoms with Crippen LogP contribution in [-0.4, -0.2) is 9.55 Å². The molecule has 0 unspecified atom stereocenters. The van der Waals surface area contributed by atoms with Crippen LogP contribution in [-0.2, 0) is 7.05 Å². The average molecular weight is 160 g/mol. The van der Waals surface area contributed by atoms with Crippen molar-refractivity contribution in [2.45, 2.75) is 13.3 Å². The van der Waals surface area contributed by atoms with Crippen molar-refractivity contribution < 1.29 is 0 Å². The van der Waals surface area contributed by atoms with E-state index in [2.05, 4.69) is 40.9 Å². The molecule has 0 spiro atoms. The molecule has 0 bridgehead atoms. The van der Waals surface area contributed by atoms with Gasteiger partial charge in [-0.05, 0) is 19.4 Å². The Labute approximate surface area is 71.6 Å². The number of nitrogens with zero attached hydrogens (tertiary/aromatic N) is 2. The van der Waals surface area contributed by atoms with E-state index in [0.29, 0.717) is 0 Å². The van der Waals surface area contributed by atoms with Gasteiger partial charge in [0.05, 0.1) is 10.7 Å². The van der Waals surface area contributed by atoms with Gasteiger partial charge in [-0.2, -0.15) is 0 Å². The number of hydrogen-bond acceptors (Lipinski definition) is 1. The molecule has 0 aromatic carbocycles. The van der Waals surface area contributed by atoms with Crippen molar-refractivity contribution in [2.24, 2.45) is 7.05 Å². The molecule has 1 heterocycles. The Bertz CT molecular complexity index is 435. The second kappa shape index (κ2) is 2.63. The monoisotopic (exact) mass is 160 g/mol. The van der Waals surface area contributed by atoms with E-state index >= 15 is 0 Å². The summed E-state index contributed by atoms with van der Waals surface area (Å²) >= 11 is 0. The van der Waals surface area contributed by atoms with Crippen molar-refractivity contribution in [1.82, 2.24) is 9.55 Å². The largest absolute Gasteiger partial charge is 0.332 e. The molecule has 0 atom stereocenters. The van der Waals surface area contributed by atoms with Crippen LogP contribution in [0.25, 0.3) is 12.2 Å². The van der Waals surface area contributed by atoms with Gasteiger partial charge in [-0.25, -0.2) is 4.98 Å². The fraction of sp³-hybridized carbons (Fsp3) is 0.300. The lowest BCUT2D eigenvalue weighted by Crippen LogP contribution is -2.28. The van der Waals surface area contributed by atoms with Crippen LogP contribution in [0.4, 0.5) is 0 Å². The zero-order valence-electron chi connectivity index (χ0n) is 7.41. The van der Waals surface area contributed by atoms with Crippen LogP contribution in [0.2, 0.25) is 0 Å². The number of aromatic nitrogens is 2. The Morgan fingerprint density at radius 2 is 2.33 bits per heavy atom. The summed E-state index contributed by atoms with van der Waals surface area (Å²) in [4.78, 5) is 4.44. The van der Waals surface area contributed by atoms with Gasteiger partial charge in [-0.1, -0.05) is 18.2 Å². The summed E-state index contributed by atoms with van der Waals surface area (Å²) < 4.78 is 2.12. The standard InChI is InChI=1S/C10H12N2/c1-8-11-9-6-4-3-5-7-10(9)12(8)2/h3-4,6-7H,5H2,1-2H3. The highest BCUT2D eigenvalue weighted by molar-refractivity contribution is 5.41. The van der Waals surface area contributed by atoms with Gasteiger partial charge in [0.25, 0.3) is 0 Å². The molecule has 0 radical (unpaired) electrons. The number of rotatable bonds is 0. The van der Waals surface area contributed by atoms with E-state index in [0.717, 1.165) is 17.6 Å². The number of fused-ring (bicyclic) bond motifs is 1. The third-order valence-electron chi connectivity index (χ3n) is 2.23. The Morgan fingerprint density at radius 3 is 3.17 bits per heavy atom. The minimum Gasteiger partial charge on any atom is -0.332 e. The molecule has 2 nitrogen and oxygen atoms in total. The molecule has 1 aliphatic carbocycles. The lowest BCUT2D eigenvalue weighted by Gasteiger charge is -1.92. The molecule has 0 amide bonds. The predicted octanol–water partition coefficient (Wildman–Crippen LogP) is 0.249. The highest BCUT2D eigenvalue weighted by Crippen LogP contribution is 1.89. The van der Waals surface area contributed by atoms with Crippen LogP contribution < -0.4 is 10.7 Å². The van der Waals surface area contributed by atoms with Gasteiger partial charge in [0.2, 0.25) is 0 Å². The van der Waals surface area contributed by atoms with E-state index in [1.54, 1.807) is 0 Å². The van der Waals surface area contributed by atoms with Gasteiger partial charge < -0.3 is 4.57 Å². The minimum absolute atomic E-state index is 1.00. The molecule has 0 saturated heterocycles. The van der Waals surface area contributed by atoms with Crippen LogP contribution >= 0.6 is 0 Å². The van der Waals surface area contributed by atoms with Gasteiger partial charge in [0, 0.05) is 7.05 Å². The van der Waals surface area contributed by atoms with Gasteiger partial charge in [0.15, 0.2) is 0 Å². The summed E-state index contributed by atoms with van der Waals surface area (Å²) in [5.74, 6) is 1.07. The molecule has 1 aromatic heterocycles. The zero-order valence-corrected chi connectivity index (χ0v) is 7.41. The number of allylic oxidation sites excluding steroid dienone is 2. The molecular formula is C10H12N2. The van der Waals surface area contributed by atoms with Gasteiger partial charge in [-0.15, -0.1) is 0 Å². The van der Waals surface area contributed by atoms with Crippen molar-refractivity contribution in [3.8, 4) is 0 Å². The zero-order chi connectivity index (χ0) is 8.55. The number of imidazole rings is 1. The topological polar surface area (TPSA) is 17.8 Å². The quantitative estimate of drug-likeness (QED) is 0.532. The molecule has 0 saturated carbocycles. The second-order valence-electron chi connectivity index (χ2n) is 3.02. The first-order valence-corrected chi connectivity index (χ1v) is 4.15. The molecule has 0 aliphatic heterocycles. The van der Waals surface area contributed by atoms with Crippen LogP contribution in [0, 0.1) is 6.92 Å². The SMILES string of the molecule is Cc1nc2c(n1C)=CCC=CC=2. The molecule has 1 aromatic rings. The molecule has 1 aliphatic rings. The summed E-state index contributed by atoms with van der Waals surface area (Å²) in [6, 6.07) is 0. The maximum Gasteiger partial charge on any atom is 0.106 e. The summed E-state index contributed by atoms with van der Waals surface area (Å²) in [6.45, 7) is 2.03. The summed E-state index contributed by atoms with van der Waals surface area (Å²) in [5, 5.41) is 2.32. The van der Waals surface area contributed by atoms with Crippen molar-refractivity contribution >= 4 is 12.2 Å². The summed E-state index contributed by atoms with van der Waals surface area (Å²) in [7, 11) is 2.05. The molecule has 2 heteroatoms. The third kappa shape index (κ3) is 0.998. The first-order valence-electron chi connectivity index (χ1n) is 4.15. The second-order valence-corrected chi connectivity index (χ2v) is 3.02. The van der Waals surface area contributed by atoms with E-state index in [4.69, 9.17) is 0 Å². The highest BCUT2D eigenvalue weighted by atomic mass is 15.0. The Kier molecular flexibility index (Phi) is 1.61. The van der Waals surface area contributed by atoms with E-state index < -0.39 is 0 Å². The summed E-state index contributed by atoms with van der Waals surface area (Å²) in [5.41, 5.74) is 0.